The second kappa shape index (κ2) is 5.47. The van der Waals surface area contributed by atoms with Gasteiger partial charge in [-0.3, -0.25) is 19.4 Å². The Morgan fingerprint density at radius 2 is 2.27 bits per heavy atom. The monoisotopic (exact) mass is 300 g/mol. The second-order valence-corrected chi connectivity index (χ2v) is 5.04. The molecule has 1 amide bonds. The molecule has 22 heavy (non-hydrogen) atoms. The van der Waals surface area contributed by atoms with Gasteiger partial charge in [0.1, 0.15) is 11.2 Å². The molecule has 0 aromatic carbocycles. The zero-order chi connectivity index (χ0) is 15.7. The Labute approximate surface area is 125 Å². The van der Waals surface area contributed by atoms with E-state index in [4.69, 9.17) is 0 Å². The summed E-state index contributed by atoms with van der Waals surface area (Å²) in [4.78, 5) is 27.5. The summed E-state index contributed by atoms with van der Waals surface area (Å²) in [7, 11) is 1.72. The topological polar surface area (TPSA) is 108 Å². The molecular weight excluding hydrogens is 284 g/mol. The van der Waals surface area contributed by atoms with E-state index in [2.05, 4.69) is 32.5 Å². The van der Waals surface area contributed by atoms with Gasteiger partial charge in [0.25, 0.3) is 5.91 Å². The molecular formula is C14H16N6O2. The number of nitrogens with zero attached hydrogens (tertiary/aromatic N) is 3. The lowest BCUT2D eigenvalue weighted by atomic mass is 10.2. The molecule has 0 radical (unpaired) electrons. The summed E-state index contributed by atoms with van der Waals surface area (Å²) >= 11 is 0. The van der Waals surface area contributed by atoms with Gasteiger partial charge in [-0.15, -0.1) is 0 Å². The standard InChI is InChI=1S/C14H16N6O2/c1-3-4-8-5-11(19-18-8)17-14(22)10-6-15-13-9(12(10)21)7-16-20(13)2/h5-7H,3-4H2,1-2H3,(H,15,21)(H2,17,18,19,22). The molecule has 0 aliphatic rings. The van der Waals surface area contributed by atoms with Gasteiger partial charge in [-0.25, -0.2) is 0 Å². The zero-order valence-corrected chi connectivity index (χ0v) is 12.3. The molecule has 8 heteroatoms. The SMILES string of the molecule is CCCc1cc(NC(=O)c2c[nH]c3c(cnn3C)c2=O)n[nH]1. The van der Waals surface area contributed by atoms with Crippen LogP contribution in [-0.2, 0) is 13.5 Å². The fourth-order valence-electron chi connectivity index (χ4n) is 2.30. The van der Waals surface area contributed by atoms with Gasteiger partial charge in [-0.05, 0) is 6.42 Å². The number of anilines is 1. The number of carbonyl (C=O) groups is 1. The number of hydrogen-bond acceptors (Lipinski definition) is 4. The minimum Gasteiger partial charge on any atom is -0.345 e. The van der Waals surface area contributed by atoms with Crippen molar-refractivity contribution in [2.75, 3.05) is 5.32 Å². The van der Waals surface area contributed by atoms with Crippen LogP contribution in [0.1, 0.15) is 29.4 Å². The highest BCUT2D eigenvalue weighted by atomic mass is 16.2. The number of fused-ring (bicyclic) bond motifs is 1. The van der Waals surface area contributed by atoms with Gasteiger partial charge in [0.15, 0.2) is 5.82 Å². The molecule has 0 bridgehead atoms. The summed E-state index contributed by atoms with van der Waals surface area (Å²) in [5.41, 5.74) is 1.19. The van der Waals surface area contributed by atoms with Crippen molar-refractivity contribution in [3.63, 3.8) is 0 Å². The molecule has 0 fully saturated rings. The Kier molecular flexibility index (Phi) is 3.50. The molecule has 114 valence electrons. The van der Waals surface area contributed by atoms with Crippen molar-refractivity contribution in [2.45, 2.75) is 19.8 Å². The molecule has 0 saturated carbocycles. The average Bonchev–Trinajstić information content (AvgIpc) is 3.08. The van der Waals surface area contributed by atoms with E-state index >= 15 is 0 Å². The highest BCUT2D eigenvalue weighted by Crippen LogP contribution is 2.10. The third-order valence-electron chi connectivity index (χ3n) is 3.42. The van der Waals surface area contributed by atoms with Crippen LogP contribution in [0.5, 0.6) is 0 Å². The number of pyridine rings is 1. The van der Waals surface area contributed by atoms with Crippen LogP contribution in [0.4, 0.5) is 5.82 Å². The molecule has 0 aliphatic heterocycles. The number of aromatic nitrogens is 5. The quantitative estimate of drug-likeness (QED) is 0.672. The first-order valence-electron chi connectivity index (χ1n) is 6.99. The number of aromatic amines is 2. The highest BCUT2D eigenvalue weighted by Gasteiger charge is 2.16. The lowest BCUT2D eigenvalue weighted by Gasteiger charge is -2.02. The lowest BCUT2D eigenvalue weighted by Crippen LogP contribution is -2.22. The van der Waals surface area contributed by atoms with Gasteiger partial charge in [-0.1, -0.05) is 13.3 Å². The molecule has 3 aromatic rings. The minimum absolute atomic E-state index is 0.0283. The van der Waals surface area contributed by atoms with E-state index in [0.29, 0.717) is 16.9 Å². The van der Waals surface area contributed by atoms with Crippen molar-refractivity contribution in [1.82, 2.24) is 25.0 Å². The summed E-state index contributed by atoms with van der Waals surface area (Å²) in [6.07, 6.45) is 4.66. The average molecular weight is 300 g/mol. The Bertz CT molecular complexity index is 888. The van der Waals surface area contributed by atoms with Crippen LogP contribution in [-0.4, -0.2) is 30.9 Å². The highest BCUT2D eigenvalue weighted by molar-refractivity contribution is 6.05. The number of rotatable bonds is 4. The summed E-state index contributed by atoms with van der Waals surface area (Å²) in [6.45, 7) is 2.06. The molecule has 0 saturated heterocycles. The van der Waals surface area contributed by atoms with Gasteiger partial charge in [0.2, 0.25) is 5.43 Å². The third-order valence-corrected chi connectivity index (χ3v) is 3.42. The predicted octanol–water partition coefficient (Wildman–Crippen LogP) is 1.19. The Hall–Kier alpha value is -2.90. The molecule has 0 aliphatic carbocycles. The normalized spacial score (nSPS) is 11.0. The summed E-state index contributed by atoms with van der Waals surface area (Å²) in [6, 6.07) is 1.76. The number of aryl methyl sites for hydroxylation is 2. The molecule has 0 unspecified atom stereocenters. The van der Waals surface area contributed by atoms with Crippen molar-refractivity contribution in [3.8, 4) is 0 Å². The van der Waals surface area contributed by atoms with Crippen LogP contribution in [0.2, 0.25) is 0 Å². The van der Waals surface area contributed by atoms with Crippen LogP contribution in [0.15, 0.2) is 23.3 Å². The Morgan fingerprint density at radius 3 is 3.05 bits per heavy atom. The Balaban J connectivity index is 1.88. The molecule has 8 nitrogen and oxygen atoms in total. The van der Waals surface area contributed by atoms with Gasteiger partial charge in [-0.2, -0.15) is 10.2 Å². The van der Waals surface area contributed by atoms with E-state index in [1.807, 2.05) is 0 Å². The maximum Gasteiger partial charge on any atom is 0.262 e. The third kappa shape index (κ3) is 2.39. The predicted molar refractivity (Wildman–Crippen MR) is 81.9 cm³/mol. The van der Waals surface area contributed by atoms with E-state index < -0.39 is 5.91 Å². The van der Waals surface area contributed by atoms with Gasteiger partial charge in [0.05, 0.1) is 11.6 Å². The fraction of sp³-hybridized carbons (Fsp3) is 0.286. The van der Waals surface area contributed by atoms with Crippen LogP contribution in [0.3, 0.4) is 0 Å². The molecule has 0 atom stereocenters. The summed E-state index contributed by atoms with van der Waals surface area (Å²) < 4.78 is 1.54. The van der Waals surface area contributed by atoms with Crippen molar-refractivity contribution in [1.29, 1.82) is 0 Å². The van der Waals surface area contributed by atoms with E-state index in [1.165, 1.54) is 12.4 Å². The molecule has 3 heterocycles. The van der Waals surface area contributed by atoms with E-state index in [1.54, 1.807) is 17.8 Å². The number of hydrogen-bond donors (Lipinski definition) is 3. The smallest absolute Gasteiger partial charge is 0.262 e. The first-order valence-corrected chi connectivity index (χ1v) is 6.99. The first-order chi connectivity index (χ1) is 10.6. The van der Waals surface area contributed by atoms with Crippen molar-refractivity contribution in [3.05, 3.63) is 39.9 Å². The lowest BCUT2D eigenvalue weighted by molar-refractivity contribution is 0.102. The number of nitrogens with one attached hydrogen (secondary N) is 3. The van der Waals surface area contributed by atoms with Crippen molar-refractivity contribution >= 4 is 22.8 Å². The maximum absolute atomic E-state index is 12.3. The Morgan fingerprint density at radius 1 is 1.45 bits per heavy atom. The van der Waals surface area contributed by atoms with Crippen LogP contribution < -0.4 is 10.7 Å². The van der Waals surface area contributed by atoms with Crippen molar-refractivity contribution < 1.29 is 4.79 Å². The van der Waals surface area contributed by atoms with E-state index in [-0.39, 0.29) is 11.0 Å². The molecule has 0 spiro atoms. The minimum atomic E-state index is -0.499. The van der Waals surface area contributed by atoms with E-state index in [0.717, 1.165) is 18.5 Å². The first kappa shape index (κ1) is 14.1. The van der Waals surface area contributed by atoms with Crippen LogP contribution >= 0.6 is 0 Å². The summed E-state index contributed by atoms with van der Waals surface area (Å²) in [5.74, 6) is -0.0966. The molecule has 3 aromatic heterocycles. The van der Waals surface area contributed by atoms with Gasteiger partial charge in [0, 0.05) is 25.0 Å². The van der Waals surface area contributed by atoms with Crippen LogP contribution in [0, 0.1) is 0 Å². The molecule has 3 N–H and O–H groups in total. The number of carbonyl (C=O) groups excluding carboxylic acids is 1. The number of amides is 1. The van der Waals surface area contributed by atoms with E-state index in [9.17, 15) is 9.59 Å². The van der Waals surface area contributed by atoms with Crippen molar-refractivity contribution in [2.24, 2.45) is 7.05 Å². The second-order valence-electron chi connectivity index (χ2n) is 5.04. The molecule has 3 rings (SSSR count). The number of H-pyrrole nitrogens is 2. The zero-order valence-electron chi connectivity index (χ0n) is 12.3. The van der Waals surface area contributed by atoms with Gasteiger partial charge < -0.3 is 10.3 Å². The largest absolute Gasteiger partial charge is 0.345 e. The summed E-state index contributed by atoms with van der Waals surface area (Å²) in [5, 5.41) is 13.9. The van der Waals surface area contributed by atoms with Gasteiger partial charge >= 0.3 is 0 Å². The van der Waals surface area contributed by atoms with Crippen LogP contribution in [0.25, 0.3) is 11.0 Å². The fourth-order valence-corrected chi connectivity index (χ4v) is 2.30. The maximum atomic E-state index is 12.3.